The summed E-state index contributed by atoms with van der Waals surface area (Å²) in [6.45, 7) is 3.84. The van der Waals surface area contributed by atoms with Crippen LogP contribution in [0.25, 0.3) is 0 Å². The van der Waals surface area contributed by atoms with Crippen LogP contribution in [0.4, 0.5) is 0 Å². The van der Waals surface area contributed by atoms with Crippen molar-refractivity contribution in [1.82, 2.24) is 0 Å². The van der Waals surface area contributed by atoms with Gasteiger partial charge in [0.25, 0.3) is 0 Å². The minimum atomic E-state index is 0.673. The van der Waals surface area contributed by atoms with E-state index in [0.29, 0.717) is 12.2 Å². The van der Waals surface area contributed by atoms with Crippen molar-refractivity contribution in [1.29, 1.82) is 0 Å². The molecule has 1 nitrogen and oxygen atoms in total. The van der Waals surface area contributed by atoms with Crippen LogP contribution in [0, 0.1) is 12.8 Å². The fourth-order valence-corrected chi connectivity index (χ4v) is 2.06. The first-order valence-corrected chi connectivity index (χ1v) is 4.36. The average molecular weight is 139 g/mol. The van der Waals surface area contributed by atoms with Crippen molar-refractivity contribution in [2.45, 2.75) is 44.3 Å². The summed E-state index contributed by atoms with van der Waals surface area (Å²) in [5, 5.41) is 0. The molecule has 1 saturated heterocycles. The lowest BCUT2D eigenvalue weighted by atomic mass is 10.0. The summed E-state index contributed by atoms with van der Waals surface area (Å²) in [6, 6.07) is 0. The molecule has 1 heteroatoms. The molecule has 0 aromatic heterocycles. The molecular weight excluding hydrogens is 124 g/mol. The predicted octanol–water partition coefficient (Wildman–Crippen LogP) is 2.17. The van der Waals surface area contributed by atoms with E-state index < -0.39 is 0 Å². The second-order valence-electron chi connectivity index (χ2n) is 3.47. The molecule has 1 radical (unpaired) electrons. The summed E-state index contributed by atoms with van der Waals surface area (Å²) in [6.07, 6.45) is 7.82. The smallest absolute Gasteiger partial charge is 0.0869 e. The van der Waals surface area contributed by atoms with Gasteiger partial charge in [-0.1, -0.05) is 19.8 Å². The molecular formula is C9H15O. The highest BCUT2D eigenvalue weighted by Gasteiger charge is 2.49. The first-order valence-electron chi connectivity index (χ1n) is 4.36. The first-order chi connectivity index (χ1) is 4.92. The number of ether oxygens (including phenoxy) is 1. The van der Waals surface area contributed by atoms with Gasteiger partial charge in [0.05, 0.1) is 12.2 Å². The molecule has 0 amide bonds. The van der Waals surface area contributed by atoms with Crippen molar-refractivity contribution in [2.75, 3.05) is 0 Å². The van der Waals surface area contributed by atoms with E-state index in [2.05, 4.69) is 6.92 Å². The molecule has 0 N–H and O–H groups in total. The van der Waals surface area contributed by atoms with E-state index in [0.717, 1.165) is 12.3 Å². The quantitative estimate of drug-likeness (QED) is 0.546. The van der Waals surface area contributed by atoms with E-state index >= 15 is 0 Å². The number of hydrogen-bond donors (Lipinski definition) is 0. The molecule has 0 spiro atoms. The minimum Gasteiger partial charge on any atom is -0.369 e. The van der Waals surface area contributed by atoms with E-state index in [4.69, 9.17) is 4.74 Å². The van der Waals surface area contributed by atoms with Gasteiger partial charge in [-0.05, 0) is 25.2 Å². The van der Waals surface area contributed by atoms with E-state index in [1.807, 2.05) is 0 Å². The zero-order valence-corrected chi connectivity index (χ0v) is 6.38. The maximum Gasteiger partial charge on any atom is 0.0869 e. The first kappa shape index (κ1) is 6.66. The highest BCUT2D eigenvalue weighted by molar-refractivity contribution is 4.97. The van der Waals surface area contributed by atoms with Gasteiger partial charge in [0.1, 0.15) is 0 Å². The van der Waals surface area contributed by atoms with Gasteiger partial charge >= 0.3 is 0 Å². The van der Waals surface area contributed by atoms with Crippen LogP contribution >= 0.6 is 0 Å². The Balaban J connectivity index is 1.72. The summed E-state index contributed by atoms with van der Waals surface area (Å²) < 4.78 is 5.44. The fourth-order valence-electron chi connectivity index (χ4n) is 2.06. The van der Waals surface area contributed by atoms with Crippen LogP contribution in [0.2, 0.25) is 0 Å². The van der Waals surface area contributed by atoms with Gasteiger partial charge in [0.15, 0.2) is 0 Å². The lowest BCUT2D eigenvalue weighted by Gasteiger charge is -2.07. The average Bonchev–Trinajstić information content (AvgIpc) is 2.63. The Morgan fingerprint density at radius 3 is 2.80 bits per heavy atom. The number of fused-ring (bicyclic) bond motifs is 1. The molecule has 1 aliphatic carbocycles. The lowest BCUT2D eigenvalue weighted by molar-refractivity contribution is 0.255. The van der Waals surface area contributed by atoms with Crippen LogP contribution in [-0.2, 0) is 4.74 Å². The highest BCUT2D eigenvalue weighted by Crippen LogP contribution is 2.44. The SMILES string of the molecule is [CH2]CCCC1CCC2OC12. The van der Waals surface area contributed by atoms with Crippen molar-refractivity contribution in [3.05, 3.63) is 6.92 Å². The molecule has 10 heavy (non-hydrogen) atoms. The number of unbranched alkanes of at least 4 members (excludes halogenated alkanes) is 1. The van der Waals surface area contributed by atoms with E-state index in [1.165, 1.54) is 25.7 Å². The third kappa shape index (κ3) is 1.07. The van der Waals surface area contributed by atoms with Crippen molar-refractivity contribution in [3.8, 4) is 0 Å². The Morgan fingerprint density at radius 1 is 1.40 bits per heavy atom. The summed E-state index contributed by atoms with van der Waals surface area (Å²) in [5.41, 5.74) is 0. The van der Waals surface area contributed by atoms with Crippen molar-refractivity contribution in [2.24, 2.45) is 5.92 Å². The Bertz CT molecular complexity index is 122. The second kappa shape index (κ2) is 2.54. The Hall–Kier alpha value is -0.0400. The molecule has 3 atom stereocenters. The summed E-state index contributed by atoms with van der Waals surface area (Å²) in [5.74, 6) is 0.895. The molecule has 2 rings (SSSR count). The molecule has 3 unspecified atom stereocenters. The molecule has 1 aliphatic heterocycles. The number of epoxide rings is 1. The van der Waals surface area contributed by atoms with E-state index in [-0.39, 0.29) is 0 Å². The van der Waals surface area contributed by atoms with Gasteiger partial charge < -0.3 is 4.74 Å². The molecule has 2 fully saturated rings. The summed E-state index contributed by atoms with van der Waals surface area (Å²) in [7, 11) is 0. The van der Waals surface area contributed by atoms with Crippen molar-refractivity contribution < 1.29 is 4.74 Å². The molecule has 1 heterocycles. The van der Waals surface area contributed by atoms with Gasteiger partial charge in [-0.15, -0.1) is 0 Å². The summed E-state index contributed by atoms with van der Waals surface area (Å²) in [4.78, 5) is 0. The largest absolute Gasteiger partial charge is 0.369 e. The standard InChI is InChI=1S/C9H15O/c1-2-3-4-7-5-6-8-9(7)10-8/h7-9H,1-6H2. The van der Waals surface area contributed by atoms with Crippen LogP contribution in [0.3, 0.4) is 0 Å². The Labute approximate surface area is 62.8 Å². The third-order valence-electron chi connectivity index (χ3n) is 2.73. The second-order valence-corrected chi connectivity index (χ2v) is 3.47. The monoisotopic (exact) mass is 139 g/mol. The normalized spacial score (nSPS) is 43.5. The third-order valence-corrected chi connectivity index (χ3v) is 2.73. The topological polar surface area (TPSA) is 12.5 Å². The van der Waals surface area contributed by atoms with Crippen LogP contribution in [0.15, 0.2) is 0 Å². The summed E-state index contributed by atoms with van der Waals surface area (Å²) >= 11 is 0. The molecule has 2 aliphatic rings. The maximum atomic E-state index is 5.44. The van der Waals surface area contributed by atoms with Crippen LogP contribution < -0.4 is 0 Å². The van der Waals surface area contributed by atoms with Crippen LogP contribution in [0.1, 0.15) is 32.1 Å². The molecule has 0 aromatic carbocycles. The van der Waals surface area contributed by atoms with Crippen LogP contribution in [0.5, 0.6) is 0 Å². The predicted molar refractivity (Wildman–Crippen MR) is 40.6 cm³/mol. The van der Waals surface area contributed by atoms with Crippen LogP contribution in [-0.4, -0.2) is 12.2 Å². The number of rotatable bonds is 3. The van der Waals surface area contributed by atoms with Gasteiger partial charge in [0.2, 0.25) is 0 Å². The maximum absolute atomic E-state index is 5.44. The van der Waals surface area contributed by atoms with Crippen molar-refractivity contribution in [3.63, 3.8) is 0 Å². The molecule has 1 saturated carbocycles. The van der Waals surface area contributed by atoms with Gasteiger partial charge in [-0.2, -0.15) is 0 Å². The Morgan fingerprint density at radius 2 is 2.30 bits per heavy atom. The number of hydrogen-bond acceptors (Lipinski definition) is 1. The Kier molecular flexibility index (Phi) is 1.69. The lowest BCUT2D eigenvalue weighted by Crippen LogP contribution is -2.02. The van der Waals surface area contributed by atoms with Gasteiger partial charge in [0, 0.05) is 0 Å². The highest BCUT2D eigenvalue weighted by atomic mass is 16.6. The van der Waals surface area contributed by atoms with E-state index in [1.54, 1.807) is 0 Å². The van der Waals surface area contributed by atoms with Gasteiger partial charge in [-0.25, -0.2) is 0 Å². The minimum absolute atomic E-state index is 0.673. The molecule has 0 aromatic rings. The molecule has 57 valence electrons. The molecule has 0 bridgehead atoms. The van der Waals surface area contributed by atoms with E-state index in [9.17, 15) is 0 Å². The fraction of sp³-hybridized carbons (Fsp3) is 0.889. The zero-order chi connectivity index (χ0) is 6.97. The van der Waals surface area contributed by atoms with Crippen molar-refractivity contribution >= 4 is 0 Å². The van der Waals surface area contributed by atoms with Gasteiger partial charge in [-0.3, -0.25) is 0 Å². The zero-order valence-electron chi connectivity index (χ0n) is 6.38.